The van der Waals surface area contributed by atoms with Crippen LogP contribution in [-0.4, -0.2) is 55.4 Å². The number of aromatic nitrogens is 1. The lowest BCUT2D eigenvalue weighted by molar-refractivity contribution is -0.00123. The highest BCUT2D eigenvalue weighted by atomic mass is 32.2. The maximum absolute atomic E-state index is 14.4. The monoisotopic (exact) mass is 472 g/mol. The van der Waals surface area contributed by atoms with E-state index in [1.165, 1.54) is 4.90 Å². The third-order valence-electron chi connectivity index (χ3n) is 5.31. The Balaban J connectivity index is 1.57. The van der Waals surface area contributed by atoms with Gasteiger partial charge in [0, 0.05) is 23.7 Å². The van der Waals surface area contributed by atoms with E-state index in [0.29, 0.717) is 11.1 Å². The minimum Gasteiger partial charge on any atom is -0.386 e. The summed E-state index contributed by atoms with van der Waals surface area (Å²) in [5.74, 6) is -4.72. The first-order valence-electron chi connectivity index (χ1n) is 9.68. The number of hydrogen-bond donors (Lipinski definition) is 1. The summed E-state index contributed by atoms with van der Waals surface area (Å²) in [5.41, 5.74) is 1.64. The van der Waals surface area contributed by atoms with Crippen LogP contribution in [0.5, 0.6) is 0 Å². The van der Waals surface area contributed by atoms with E-state index in [4.69, 9.17) is 4.84 Å². The zero-order chi connectivity index (χ0) is 23.3. The summed E-state index contributed by atoms with van der Waals surface area (Å²) < 4.78 is 81.1. The highest BCUT2D eigenvalue weighted by Gasteiger charge is 2.51. The van der Waals surface area contributed by atoms with Crippen molar-refractivity contribution in [1.82, 2.24) is 14.6 Å². The van der Waals surface area contributed by atoms with E-state index < -0.39 is 46.3 Å². The normalized spacial score (nSPS) is 22.7. The Morgan fingerprint density at radius 1 is 1.25 bits per heavy atom. The standard InChI is InChI=1S/C20H20F4N4O3S/c1-11-3-4-13(14(5-11)19-15(22)6-12(21)8-25-19)16-7-18(26-31-16)28-9-17(20(23,24)10-28)27-32(2,29)30/h3-6,8,16-17,27H,7,9-10H2,1-2H3/t16?,17-/m1/s1. The molecule has 4 rings (SSSR count). The fraction of sp³-hybridized carbons (Fsp3) is 0.400. The van der Waals surface area contributed by atoms with Crippen LogP contribution < -0.4 is 4.72 Å². The molecule has 172 valence electrons. The van der Waals surface area contributed by atoms with Gasteiger partial charge in [0.25, 0.3) is 5.92 Å². The molecule has 0 amide bonds. The van der Waals surface area contributed by atoms with Crippen molar-refractivity contribution in [2.45, 2.75) is 31.4 Å². The van der Waals surface area contributed by atoms with E-state index in [2.05, 4.69) is 10.1 Å². The van der Waals surface area contributed by atoms with Crippen LogP contribution in [0.3, 0.4) is 0 Å². The van der Waals surface area contributed by atoms with E-state index in [9.17, 15) is 26.0 Å². The van der Waals surface area contributed by atoms with E-state index in [1.807, 2.05) is 4.72 Å². The number of pyridine rings is 1. The lowest BCUT2D eigenvalue weighted by Gasteiger charge is -2.17. The third kappa shape index (κ3) is 4.56. The van der Waals surface area contributed by atoms with Crippen LogP contribution in [0.2, 0.25) is 0 Å². The molecule has 1 saturated heterocycles. The molecule has 2 aliphatic rings. The SMILES string of the molecule is Cc1ccc(C2CC(N3C[C@@H](NS(C)(=O)=O)C(F)(F)C3)=NO2)c(-c2ncc(F)cc2F)c1. The molecule has 0 aliphatic carbocycles. The maximum Gasteiger partial charge on any atom is 0.282 e. The van der Waals surface area contributed by atoms with Gasteiger partial charge in [-0.05, 0) is 13.0 Å². The number of halogens is 4. The number of nitrogens with one attached hydrogen (secondary N) is 1. The molecule has 32 heavy (non-hydrogen) atoms. The predicted octanol–water partition coefficient (Wildman–Crippen LogP) is 2.98. The number of aryl methyl sites for hydroxylation is 1. The topological polar surface area (TPSA) is 83.9 Å². The summed E-state index contributed by atoms with van der Waals surface area (Å²) in [5, 5.41) is 3.92. The van der Waals surface area contributed by atoms with Gasteiger partial charge in [-0.1, -0.05) is 22.9 Å². The van der Waals surface area contributed by atoms with Crippen molar-refractivity contribution in [2.75, 3.05) is 19.3 Å². The highest BCUT2D eigenvalue weighted by Crippen LogP contribution is 2.38. The minimum absolute atomic E-state index is 0.0627. The zero-order valence-corrected chi connectivity index (χ0v) is 18.0. The summed E-state index contributed by atoms with van der Waals surface area (Å²) in [6.07, 6.45) is 1.13. The number of nitrogens with zero attached hydrogens (tertiary/aromatic N) is 3. The number of sulfonamides is 1. The number of amidine groups is 1. The molecule has 1 aromatic heterocycles. The molecule has 1 fully saturated rings. The van der Waals surface area contributed by atoms with Crippen molar-refractivity contribution < 1.29 is 30.8 Å². The third-order valence-corrected chi connectivity index (χ3v) is 6.02. The van der Waals surface area contributed by atoms with Crippen LogP contribution in [0.1, 0.15) is 23.7 Å². The number of rotatable bonds is 4. The molecular weight excluding hydrogens is 452 g/mol. The lowest BCUT2D eigenvalue weighted by atomic mass is 9.95. The Morgan fingerprint density at radius 2 is 2.00 bits per heavy atom. The molecule has 0 saturated carbocycles. The second-order valence-corrected chi connectivity index (χ2v) is 9.74. The van der Waals surface area contributed by atoms with Crippen LogP contribution >= 0.6 is 0 Å². The number of oxime groups is 1. The molecule has 1 unspecified atom stereocenters. The van der Waals surface area contributed by atoms with Crippen LogP contribution in [-0.2, 0) is 14.9 Å². The summed E-state index contributed by atoms with van der Waals surface area (Å²) in [6.45, 7) is 0.807. The smallest absolute Gasteiger partial charge is 0.282 e. The fourth-order valence-corrected chi connectivity index (χ4v) is 4.61. The molecule has 2 aromatic rings. The van der Waals surface area contributed by atoms with Gasteiger partial charge in [-0.15, -0.1) is 0 Å². The van der Waals surface area contributed by atoms with Gasteiger partial charge >= 0.3 is 0 Å². The average molecular weight is 472 g/mol. The van der Waals surface area contributed by atoms with Crippen molar-refractivity contribution in [3.05, 3.63) is 53.2 Å². The molecule has 0 bridgehead atoms. The molecule has 7 nitrogen and oxygen atoms in total. The van der Waals surface area contributed by atoms with E-state index in [-0.39, 0.29) is 24.5 Å². The second kappa shape index (κ2) is 8.00. The Bertz CT molecular complexity index is 1190. The van der Waals surface area contributed by atoms with Crippen LogP contribution in [0, 0.1) is 18.6 Å². The Hall–Kier alpha value is -2.73. The molecule has 3 heterocycles. The summed E-state index contributed by atoms with van der Waals surface area (Å²) >= 11 is 0. The number of hydrogen-bond acceptors (Lipinski definition) is 6. The summed E-state index contributed by atoms with van der Waals surface area (Å²) in [7, 11) is -3.82. The highest BCUT2D eigenvalue weighted by molar-refractivity contribution is 7.88. The van der Waals surface area contributed by atoms with E-state index >= 15 is 0 Å². The molecule has 1 N–H and O–H groups in total. The zero-order valence-electron chi connectivity index (χ0n) is 17.1. The van der Waals surface area contributed by atoms with Gasteiger partial charge in [0.2, 0.25) is 10.0 Å². The number of benzene rings is 1. The molecular formula is C20H20F4N4O3S. The lowest BCUT2D eigenvalue weighted by Crippen LogP contribution is -2.46. The molecule has 1 aromatic carbocycles. The van der Waals surface area contributed by atoms with Crippen molar-refractivity contribution in [2.24, 2.45) is 5.16 Å². The maximum atomic E-state index is 14.4. The van der Waals surface area contributed by atoms with Crippen molar-refractivity contribution in [3.63, 3.8) is 0 Å². The van der Waals surface area contributed by atoms with Gasteiger partial charge in [0.05, 0.1) is 25.4 Å². The quantitative estimate of drug-likeness (QED) is 0.692. The molecule has 2 aliphatic heterocycles. The average Bonchev–Trinajstić information content (AvgIpc) is 3.25. The van der Waals surface area contributed by atoms with Gasteiger partial charge in [-0.2, -0.15) is 0 Å². The van der Waals surface area contributed by atoms with Gasteiger partial charge < -0.3 is 9.74 Å². The summed E-state index contributed by atoms with van der Waals surface area (Å²) in [6, 6.07) is 4.29. The second-order valence-electron chi connectivity index (χ2n) is 7.96. The van der Waals surface area contributed by atoms with Crippen molar-refractivity contribution >= 4 is 15.9 Å². The largest absolute Gasteiger partial charge is 0.386 e. The van der Waals surface area contributed by atoms with Gasteiger partial charge in [0.15, 0.2) is 11.9 Å². The van der Waals surface area contributed by atoms with Gasteiger partial charge in [-0.25, -0.2) is 30.7 Å². The molecule has 2 atom stereocenters. The van der Waals surface area contributed by atoms with E-state index in [0.717, 1.165) is 24.1 Å². The molecule has 12 heteroatoms. The van der Waals surface area contributed by atoms with E-state index in [1.54, 1.807) is 25.1 Å². The van der Waals surface area contributed by atoms with Crippen molar-refractivity contribution in [1.29, 1.82) is 0 Å². The first-order chi connectivity index (χ1) is 14.9. The summed E-state index contributed by atoms with van der Waals surface area (Å²) in [4.78, 5) is 10.6. The first kappa shape index (κ1) is 22.5. The minimum atomic E-state index is -3.82. The molecule has 0 radical (unpaired) electrons. The predicted molar refractivity (Wildman–Crippen MR) is 108 cm³/mol. The fourth-order valence-electron chi connectivity index (χ4n) is 3.85. The number of likely N-dealkylation sites (tertiary alicyclic amines) is 1. The Kier molecular flexibility index (Phi) is 5.61. The van der Waals surface area contributed by atoms with Crippen LogP contribution in [0.15, 0.2) is 35.6 Å². The molecule has 0 spiro atoms. The van der Waals surface area contributed by atoms with Gasteiger partial charge in [-0.3, -0.25) is 4.98 Å². The Labute approximate surface area is 182 Å². The number of alkyl halides is 2. The first-order valence-corrected chi connectivity index (χ1v) is 11.6. The Morgan fingerprint density at radius 3 is 2.69 bits per heavy atom. The van der Waals surface area contributed by atoms with Crippen LogP contribution in [0.4, 0.5) is 17.6 Å². The van der Waals surface area contributed by atoms with Gasteiger partial charge in [0.1, 0.15) is 23.4 Å². The van der Waals surface area contributed by atoms with Crippen molar-refractivity contribution in [3.8, 4) is 11.3 Å². The van der Waals surface area contributed by atoms with Crippen LogP contribution in [0.25, 0.3) is 11.3 Å².